The van der Waals surface area contributed by atoms with Crippen molar-refractivity contribution in [2.24, 2.45) is 0 Å². The minimum atomic E-state index is -0.255. The smallest absolute Gasteiger partial charge is 0.269 e. The minimum Gasteiger partial charge on any atom is -0.457 e. The Morgan fingerprint density at radius 1 is 1.18 bits per heavy atom. The van der Waals surface area contributed by atoms with Crippen LogP contribution in [0.2, 0.25) is 0 Å². The van der Waals surface area contributed by atoms with E-state index in [1.54, 1.807) is 36.7 Å². The molecule has 3 aromatic rings. The van der Waals surface area contributed by atoms with E-state index in [-0.39, 0.29) is 12.0 Å². The Bertz CT molecular complexity index is 982. The van der Waals surface area contributed by atoms with Crippen LogP contribution in [0.15, 0.2) is 36.5 Å². The van der Waals surface area contributed by atoms with Gasteiger partial charge >= 0.3 is 0 Å². The lowest BCUT2D eigenvalue weighted by atomic mass is 9.93. The van der Waals surface area contributed by atoms with E-state index in [9.17, 15) is 9.90 Å². The topological polar surface area (TPSA) is 96.4 Å². The number of aromatic nitrogens is 2. The van der Waals surface area contributed by atoms with Gasteiger partial charge in [-0.1, -0.05) is 11.3 Å². The van der Waals surface area contributed by atoms with Crippen molar-refractivity contribution in [2.75, 3.05) is 12.4 Å². The highest BCUT2D eigenvalue weighted by Crippen LogP contribution is 2.32. The van der Waals surface area contributed by atoms with Crippen LogP contribution in [0, 0.1) is 0 Å². The number of amides is 1. The highest BCUT2D eigenvalue weighted by molar-refractivity contribution is 7.22. The van der Waals surface area contributed by atoms with E-state index in [1.165, 1.54) is 0 Å². The van der Waals surface area contributed by atoms with Gasteiger partial charge in [0.05, 0.1) is 16.3 Å². The summed E-state index contributed by atoms with van der Waals surface area (Å²) in [6.45, 7) is 0. The molecule has 1 aliphatic carbocycles. The zero-order valence-corrected chi connectivity index (χ0v) is 16.3. The fraction of sp³-hybridized carbons (Fsp3) is 0.350. The first-order valence-electron chi connectivity index (χ1n) is 9.32. The Hall–Kier alpha value is -2.71. The summed E-state index contributed by atoms with van der Waals surface area (Å²) >= 11 is 1.59. The Balaban J connectivity index is 1.48. The van der Waals surface area contributed by atoms with Crippen molar-refractivity contribution in [2.45, 2.75) is 37.8 Å². The number of thiazole rings is 1. The second-order valence-corrected chi connectivity index (χ2v) is 7.89. The number of carbonyl (C=O) groups is 1. The number of hydrogen-bond acceptors (Lipinski definition) is 7. The third-order valence-corrected chi connectivity index (χ3v) is 5.76. The largest absolute Gasteiger partial charge is 0.457 e. The van der Waals surface area contributed by atoms with Crippen LogP contribution in [0.1, 0.15) is 36.2 Å². The lowest BCUT2D eigenvalue weighted by Crippen LogP contribution is -2.28. The van der Waals surface area contributed by atoms with Crippen LogP contribution in [-0.2, 0) is 0 Å². The van der Waals surface area contributed by atoms with Crippen LogP contribution < -0.4 is 15.4 Å². The molecule has 7 nitrogen and oxygen atoms in total. The third kappa shape index (κ3) is 4.23. The maximum absolute atomic E-state index is 11.7. The van der Waals surface area contributed by atoms with Gasteiger partial charge in [0.15, 0.2) is 5.13 Å². The van der Waals surface area contributed by atoms with Crippen LogP contribution in [0.25, 0.3) is 10.2 Å². The van der Waals surface area contributed by atoms with Crippen LogP contribution in [0.4, 0.5) is 5.13 Å². The molecule has 0 atom stereocenters. The van der Waals surface area contributed by atoms with Crippen molar-refractivity contribution < 1.29 is 14.6 Å². The van der Waals surface area contributed by atoms with Crippen molar-refractivity contribution in [3.05, 3.63) is 42.2 Å². The molecule has 1 amide bonds. The summed E-state index contributed by atoms with van der Waals surface area (Å²) in [5.41, 5.74) is 1.22. The number of anilines is 1. The SMILES string of the molecule is CNC(=O)c1cc(Oc2ccc3nc(N[C@H]4CC[C@H](O)CC4)sc3c2)ccn1. The van der Waals surface area contributed by atoms with Crippen molar-refractivity contribution in [3.63, 3.8) is 0 Å². The van der Waals surface area contributed by atoms with Crippen LogP contribution in [0.5, 0.6) is 11.5 Å². The highest BCUT2D eigenvalue weighted by atomic mass is 32.1. The summed E-state index contributed by atoms with van der Waals surface area (Å²) in [5.74, 6) is 0.975. The molecule has 8 heteroatoms. The van der Waals surface area contributed by atoms with Gasteiger partial charge in [-0.25, -0.2) is 4.98 Å². The Morgan fingerprint density at radius 2 is 1.96 bits per heavy atom. The number of ether oxygens (including phenoxy) is 1. The number of nitrogens with zero attached hydrogens (tertiary/aromatic N) is 2. The van der Waals surface area contributed by atoms with Gasteiger partial charge in [0.25, 0.3) is 5.91 Å². The van der Waals surface area contributed by atoms with E-state index >= 15 is 0 Å². The van der Waals surface area contributed by atoms with E-state index in [2.05, 4.69) is 20.6 Å². The first kappa shape index (κ1) is 18.6. The van der Waals surface area contributed by atoms with Crippen molar-refractivity contribution in [1.29, 1.82) is 0 Å². The van der Waals surface area contributed by atoms with Gasteiger partial charge < -0.3 is 20.5 Å². The van der Waals surface area contributed by atoms with Crippen molar-refractivity contribution in [1.82, 2.24) is 15.3 Å². The van der Waals surface area contributed by atoms with Gasteiger partial charge in [-0.2, -0.15) is 0 Å². The van der Waals surface area contributed by atoms with Gasteiger partial charge in [-0.05, 0) is 43.9 Å². The van der Waals surface area contributed by atoms with E-state index < -0.39 is 0 Å². The average molecular weight is 398 g/mol. The molecule has 0 saturated heterocycles. The van der Waals surface area contributed by atoms with E-state index in [1.807, 2.05) is 18.2 Å². The second-order valence-electron chi connectivity index (χ2n) is 6.86. The van der Waals surface area contributed by atoms with Gasteiger partial charge in [-0.15, -0.1) is 0 Å². The number of carbonyl (C=O) groups excluding carboxylic acids is 1. The van der Waals surface area contributed by atoms with E-state index in [0.717, 1.165) is 41.0 Å². The lowest BCUT2D eigenvalue weighted by Gasteiger charge is -2.25. The molecule has 0 aliphatic heterocycles. The molecular formula is C20H22N4O3S. The average Bonchev–Trinajstić information content (AvgIpc) is 3.11. The quantitative estimate of drug-likeness (QED) is 0.608. The first-order chi connectivity index (χ1) is 13.6. The maximum atomic E-state index is 11.7. The Labute approximate surface area is 166 Å². The summed E-state index contributed by atoms with van der Waals surface area (Å²) in [5, 5.41) is 16.6. The number of aliphatic hydroxyl groups excluding tert-OH is 1. The fourth-order valence-electron chi connectivity index (χ4n) is 3.29. The molecule has 28 heavy (non-hydrogen) atoms. The highest BCUT2D eigenvalue weighted by Gasteiger charge is 2.20. The molecule has 146 valence electrons. The number of rotatable bonds is 5. The molecule has 2 heterocycles. The molecule has 3 N–H and O–H groups in total. The summed E-state index contributed by atoms with van der Waals surface area (Å²) in [6.07, 6.45) is 4.98. The van der Waals surface area contributed by atoms with Crippen LogP contribution >= 0.6 is 11.3 Å². The summed E-state index contributed by atoms with van der Waals surface area (Å²) in [7, 11) is 1.57. The maximum Gasteiger partial charge on any atom is 0.269 e. The second kappa shape index (κ2) is 8.12. The molecule has 0 radical (unpaired) electrons. The molecule has 0 spiro atoms. The Kier molecular flexibility index (Phi) is 5.40. The van der Waals surface area contributed by atoms with Crippen LogP contribution in [0.3, 0.4) is 0 Å². The molecule has 1 aliphatic rings. The Morgan fingerprint density at radius 3 is 2.75 bits per heavy atom. The zero-order chi connectivity index (χ0) is 19.5. The molecule has 1 fully saturated rings. The zero-order valence-electron chi connectivity index (χ0n) is 15.5. The van der Waals surface area contributed by atoms with Gasteiger partial charge in [0.1, 0.15) is 17.2 Å². The van der Waals surface area contributed by atoms with Gasteiger partial charge in [-0.3, -0.25) is 9.78 Å². The van der Waals surface area contributed by atoms with Gasteiger partial charge in [0.2, 0.25) is 0 Å². The number of fused-ring (bicyclic) bond motifs is 1. The standard InChI is InChI=1S/C20H22N4O3S/c1-21-19(26)17-10-15(8-9-22-17)27-14-6-7-16-18(11-14)28-20(24-16)23-12-2-4-13(25)5-3-12/h6-13,25H,2-5H2,1H3,(H,21,26)(H,23,24)/t12-,13-. The predicted molar refractivity (Wildman–Crippen MR) is 109 cm³/mol. The summed E-state index contributed by atoms with van der Waals surface area (Å²) in [4.78, 5) is 20.4. The first-order valence-corrected chi connectivity index (χ1v) is 10.1. The third-order valence-electron chi connectivity index (χ3n) is 4.81. The molecular weight excluding hydrogens is 376 g/mol. The van der Waals surface area contributed by atoms with Crippen molar-refractivity contribution in [3.8, 4) is 11.5 Å². The number of hydrogen-bond donors (Lipinski definition) is 3. The number of benzene rings is 1. The normalized spacial score (nSPS) is 19.4. The summed E-state index contributed by atoms with van der Waals surface area (Å²) < 4.78 is 6.93. The fourth-order valence-corrected chi connectivity index (χ4v) is 4.26. The molecule has 2 aromatic heterocycles. The minimum absolute atomic E-state index is 0.162. The molecule has 1 aromatic carbocycles. The van der Waals surface area contributed by atoms with Crippen molar-refractivity contribution >= 4 is 32.6 Å². The van der Waals surface area contributed by atoms with E-state index in [0.29, 0.717) is 23.2 Å². The number of nitrogens with one attached hydrogen (secondary N) is 2. The molecule has 1 saturated carbocycles. The van der Waals surface area contributed by atoms with E-state index in [4.69, 9.17) is 4.74 Å². The molecule has 0 bridgehead atoms. The van der Waals surface area contributed by atoms with Crippen LogP contribution in [-0.4, -0.2) is 40.2 Å². The predicted octanol–water partition coefficient (Wildman–Crippen LogP) is 3.56. The number of pyridine rings is 1. The summed E-state index contributed by atoms with van der Waals surface area (Å²) in [6, 6.07) is 9.43. The lowest BCUT2D eigenvalue weighted by molar-refractivity contribution is 0.0957. The monoisotopic (exact) mass is 398 g/mol. The molecule has 0 unspecified atom stereocenters. The number of aliphatic hydroxyl groups is 1. The van der Waals surface area contributed by atoms with Gasteiger partial charge in [0, 0.05) is 31.4 Å². The molecule has 4 rings (SSSR count).